The van der Waals surface area contributed by atoms with Gasteiger partial charge in [-0.25, -0.2) is 4.98 Å². The summed E-state index contributed by atoms with van der Waals surface area (Å²) in [7, 11) is 1.53. The minimum Gasteiger partial charge on any atom is -0.480 e. The summed E-state index contributed by atoms with van der Waals surface area (Å²) in [4.78, 5) is 14.8. The number of pyridine rings is 1. The van der Waals surface area contributed by atoms with Gasteiger partial charge >= 0.3 is 0 Å². The first kappa shape index (κ1) is 9.19. The van der Waals surface area contributed by atoms with Crippen molar-refractivity contribution in [3.05, 3.63) is 22.3 Å². The van der Waals surface area contributed by atoms with Gasteiger partial charge in [0, 0.05) is 11.8 Å². The number of hydrogen-bond acceptors (Lipinski definition) is 3. The third kappa shape index (κ3) is 1.82. The molecule has 0 aliphatic heterocycles. The predicted octanol–water partition coefficient (Wildman–Crippen LogP) is 2.06. The quantitative estimate of drug-likeness (QED) is 0.730. The monoisotopic (exact) mass is 229 g/mol. The highest BCUT2D eigenvalue weighted by molar-refractivity contribution is 9.10. The number of nitrogens with zero attached hydrogens (tertiary/aromatic N) is 1. The van der Waals surface area contributed by atoms with E-state index in [-0.39, 0.29) is 5.78 Å². The zero-order chi connectivity index (χ0) is 9.14. The number of methoxy groups -OCH3 is 1. The van der Waals surface area contributed by atoms with Crippen molar-refractivity contribution in [3.8, 4) is 5.88 Å². The Hall–Kier alpha value is -0.900. The van der Waals surface area contributed by atoms with Crippen LogP contribution in [0.2, 0.25) is 0 Å². The lowest BCUT2D eigenvalue weighted by atomic mass is 10.2. The summed E-state index contributed by atoms with van der Waals surface area (Å²) >= 11 is 3.24. The van der Waals surface area contributed by atoms with Crippen molar-refractivity contribution in [2.75, 3.05) is 7.11 Å². The number of halogens is 1. The second-order valence-electron chi connectivity index (χ2n) is 2.27. The lowest BCUT2D eigenvalue weighted by Gasteiger charge is -2.01. The first-order chi connectivity index (χ1) is 5.65. The molecule has 0 radical (unpaired) electrons. The maximum Gasteiger partial charge on any atom is 0.227 e. The number of carbonyl (C=O) groups excluding carboxylic acids is 1. The number of carbonyl (C=O) groups is 1. The Bertz CT molecular complexity index is 312. The van der Waals surface area contributed by atoms with Crippen LogP contribution < -0.4 is 4.74 Å². The molecule has 1 rings (SSSR count). The normalized spacial score (nSPS) is 9.58. The molecular weight excluding hydrogens is 222 g/mol. The van der Waals surface area contributed by atoms with E-state index < -0.39 is 0 Å². The topological polar surface area (TPSA) is 39.2 Å². The van der Waals surface area contributed by atoms with Gasteiger partial charge in [-0.3, -0.25) is 4.79 Å². The lowest BCUT2D eigenvalue weighted by molar-refractivity contribution is 0.101. The predicted molar refractivity (Wildman–Crippen MR) is 48.5 cm³/mol. The second-order valence-corrected chi connectivity index (χ2v) is 3.13. The van der Waals surface area contributed by atoms with Crippen LogP contribution in [-0.4, -0.2) is 17.9 Å². The summed E-state index contributed by atoms with van der Waals surface area (Å²) in [5, 5.41) is 0. The average Bonchev–Trinajstić information content (AvgIpc) is 2.04. The van der Waals surface area contributed by atoms with Crippen LogP contribution in [0.3, 0.4) is 0 Å². The van der Waals surface area contributed by atoms with E-state index in [1.54, 1.807) is 6.07 Å². The Kier molecular flexibility index (Phi) is 2.81. The fraction of sp³-hybridized carbons (Fsp3) is 0.250. The van der Waals surface area contributed by atoms with E-state index in [0.717, 1.165) is 0 Å². The zero-order valence-corrected chi connectivity index (χ0v) is 8.38. The smallest absolute Gasteiger partial charge is 0.227 e. The van der Waals surface area contributed by atoms with Gasteiger partial charge < -0.3 is 4.74 Å². The van der Waals surface area contributed by atoms with Crippen LogP contribution in [0, 0.1) is 0 Å². The second kappa shape index (κ2) is 3.67. The SMILES string of the molecule is COc1ncc(C(C)=O)cc1Br. The molecule has 4 heteroatoms. The standard InChI is InChI=1S/C8H8BrNO2/c1-5(11)6-3-7(9)8(12-2)10-4-6/h3-4H,1-2H3. The number of ether oxygens (including phenoxy) is 1. The highest BCUT2D eigenvalue weighted by Crippen LogP contribution is 2.22. The van der Waals surface area contributed by atoms with Crippen molar-refractivity contribution in [1.82, 2.24) is 4.98 Å². The van der Waals surface area contributed by atoms with Gasteiger partial charge in [0.05, 0.1) is 11.6 Å². The molecule has 0 unspecified atom stereocenters. The van der Waals surface area contributed by atoms with E-state index in [1.807, 2.05) is 0 Å². The van der Waals surface area contributed by atoms with Crippen molar-refractivity contribution in [2.24, 2.45) is 0 Å². The molecule has 0 aliphatic rings. The molecule has 0 aliphatic carbocycles. The van der Waals surface area contributed by atoms with Crippen molar-refractivity contribution < 1.29 is 9.53 Å². The lowest BCUT2D eigenvalue weighted by Crippen LogP contribution is -1.95. The Balaban J connectivity index is 3.10. The molecule has 0 spiro atoms. The van der Waals surface area contributed by atoms with Crippen LogP contribution in [-0.2, 0) is 0 Å². The number of ketones is 1. The van der Waals surface area contributed by atoms with Crippen molar-refractivity contribution in [3.63, 3.8) is 0 Å². The van der Waals surface area contributed by atoms with Crippen LogP contribution in [0.25, 0.3) is 0 Å². The van der Waals surface area contributed by atoms with E-state index >= 15 is 0 Å². The molecule has 0 bridgehead atoms. The molecule has 3 nitrogen and oxygen atoms in total. The Morgan fingerprint density at radius 2 is 2.33 bits per heavy atom. The Morgan fingerprint density at radius 3 is 2.75 bits per heavy atom. The summed E-state index contributed by atoms with van der Waals surface area (Å²) in [6, 6.07) is 1.69. The third-order valence-electron chi connectivity index (χ3n) is 1.41. The van der Waals surface area contributed by atoms with Gasteiger partial charge in [0.2, 0.25) is 5.88 Å². The van der Waals surface area contributed by atoms with Crippen LogP contribution in [0.5, 0.6) is 5.88 Å². The molecule has 12 heavy (non-hydrogen) atoms. The maximum atomic E-state index is 10.9. The Morgan fingerprint density at radius 1 is 1.67 bits per heavy atom. The molecule has 0 aromatic carbocycles. The van der Waals surface area contributed by atoms with E-state index in [4.69, 9.17) is 4.74 Å². The largest absolute Gasteiger partial charge is 0.480 e. The molecule has 0 saturated carbocycles. The summed E-state index contributed by atoms with van der Waals surface area (Å²) in [6.45, 7) is 1.50. The van der Waals surface area contributed by atoms with E-state index in [0.29, 0.717) is 15.9 Å². The van der Waals surface area contributed by atoms with Crippen LogP contribution in [0.4, 0.5) is 0 Å². The Labute approximate surface area is 78.9 Å². The van der Waals surface area contributed by atoms with E-state index in [1.165, 1.54) is 20.2 Å². The zero-order valence-electron chi connectivity index (χ0n) is 6.80. The molecule has 0 N–H and O–H groups in total. The van der Waals surface area contributed by atoms with Gasteiger partial charge in [0.25, 0.3) is 0 Å². The van der Waals surface area contributed by atoms with Gasteiger partial charge in [-0.1, -0.05) is 0 Å². The fourth-order valence-corrected chi connectivity index (χ4v) is 1.28. The van der Waals surface area contributed by atoms with Crippen molar-refractivity contribution in [2.45, 2.75) is 6.92 Å². The molecule has 0 saturated heterocycles. The first-order valence-corrected chi connectivity index (χ1v) is 4.15. The molecular formula is C8H8BrNO2. The minimum atomic E-state index is -0.00847. The number of hydrogen-bond donors (Lipinski definition) is 0. The fourth-order valence-electron chi connectivity index (χ4n) is 0.768. The average molecular weight is 230 g/mol. The van der Waals surface area contributed by atoms with E-state index in [2.05, 4.69) is 20.9 Å². The van der Waals surface area contributed by atoms with Gasteiger partial charge in [-0.15, -0.1) is 0 Å². The molecule has 1 heterocycles. The number of rotatable bonds is 2. The molecule has 0 fully saturated rings. The number of aromatic nitrogens is 1. The third-order valence-corrected chi connectivity index (χ3v) is 1.98. The van der Waals surface area contributed by atoms with Crippen molar-refractivity contribution >= 4 is 21.7 Å². The first-order valence-electron chi connectivity index (χ1n) is 3.35. The summed E-state index contributed by atoms with van der Waals surface area (Å²) in [6.07, 6.45) is 1.49. The van der Waals surface area contributed by atoms with Crippen LogP contribution in [0.1, 0.15) is 17.3 Å². The molecule has 0 atom stereocenters. The summed E-state index contributed by atoms with van der Waals surface area (Å²) in [5.74, 6) is 0.478. The summed E-state index contributed by atoms with van der Waals surface area (Å²) in [5.41, 5.74) is 0.572. The van der Waals surface area contributed by atoms with Crippen LogP contribution >= 0.6 is 15.9 Å². The van der Waals surface area contributed by atoms with Crippen LogP contribution in [0.15, 0.2) is 16.7 Å². The highest BCUT2D eigenvalue weighted by Gasteiger charge is 2.05. The molecule has 1 aromatic heterocycles. The molecule has 64 valence electrons. The molecule has 0 amide bonds. The minimum absolute atomic E-state index is 0.00847. The number of Topliss-reactive ketones (excluding diaryl/α,β-unsaturated/α-hetero) is 1. The summed E-state index contributed by atoms with van der Waals surface area (Å²) < 4.78 is 5.60. The van der Waals surface area contributed by atoms with Gasteiger partial charge in [-0.05, 0) is 28.9 Å². The van der Waals surface area contributed by atoms with Gasteiger partial charge in [-0.2, -0.15) is 0 Å². The van der Waals surface area contributed by atoms with Gasteiger partial charge in [0.15, 0.2) is 5.78 Å². The van der Waals surface area contributed by atoms with Crippen molar-refractivity contribution in [1.29, 1.82) is 0 Å². The van der Waals surface area contributed by atoms with E-state index in [9.17, 15) is 4.79 Å². The molecule has 1 aromatic rings. The van der Waals surface area contributed by atoms with Gasteiger partial charge in [0.1, 0.15) is 0 Å². The highest BCUT2D eigenvalue weighted by atomic mass is 79.9. The maximum absolute atomic E-state index is 10.9.